The molecule has 4 nitrogen and oxygen atoms in total. The number of rotatable bonds is 27. The fourth-order valence-electron chi connectivity index (χ4n) is 5.45. The average Bonchev–Trinajstić information content (AvgIpc) is 2.84. The second kappa shape index (κ2) is 24.2. The molecule has 4 heteroatoms. The number of unbranched alkanes of at least 4 members (excludes halogenated alkanes) is 17. The van der Waals surface area contributed by atoms with Gasteiger partial charge in [0.05, 0.1) is 31.3 Å². The van der Waals surface area contributed by atoms with E-state index >= 15 is 0 Å². The highest BCUT2D eigenvalue weighted by Gasteiger charge is 2.41. The third kappa shape index (κ3) is 17.8. The van der Waals surface area contributed by atoms with Gasteiger partial charge < -0.3 is 20.1 Å². The summed E-state index contributed by atoms with van der Waals surface area (Å²) in [7, 11) is 0. The molecule has 0 aliphatic heterocycles. The van der Waals surface area contributed by atoms with Crippen LogP contribution < -0.4 is 0 Å². The molecule has 0 fully saturated rings. The van der Waals surface area contributed by atoms with Crippen LogP contribution in [0.4, 0.5) is 0 Å². The van der Waals surface area contributed by atoms with Gasteiger partial charge in [-0.3, -0.25) is 0 Å². The molecule has 212 valence electrons. The van der Waals surface area contributed by atoms with E-state index in [1.54, 1.807) is 0 Å². The van der Waals surface area contributed by atoms with Crippen LogP contribution in [0.1, 0.15) is 150 Å². The predicted octanol–water partition coefficient (Wildman–Crippen LogP) is 8.06. The normalized spacial score (nSPS) is 14.1. The molecule has 35 heavy (non-hydrogen) atoms. The fraction of sp³-hybridized carbons (Fsp3) is 1.00. The van der Waals surface area contributed by atoms with Gasteiger partial charge in [-0.05, 0) is 24.7 Å². The number of aliphatic hydroxyl groups excluding tert-OH is 3. The van der Waals surface area contributed by atoms with E-state index in [0.717, 1.165) is 19.3 Å². The summed E-state index contributed by atoms with van der Waals surface area (Å²) in [5, 5.41) is 29.7. The highest BCUT2D eigenvalue weighted by atomic mass is 16.5. The first kappa shape index (κ1) is 34.8. The Balaban J connectivity index is 3.74. The van der Waals surface area contributed by atoms with E-state index in [9.17, 15) is 15.3 Å². The van der Waals surface area contributed by atoms with Crippen LogP contribution in [0.3, 0.4) is 0 Å². The molecular weight excluding hydrogens is 436 g/mol. The molecule has 0 spiro atoms. The molecule has 0 aliphatic carbocycles. The van der Waals surface area contributed by atoms with Crippen molar-refractivity contribution >= 4 is 0 Å². The van der Waals surface area contributed by atoms with Gasteiger partial charge in [-0.2, -0.15) is 0 Å². The van der Waals surface area contributed by atoms with E-state index in [0.29, 0.717) is 12.5 Å². The average molecular weight is 501 g/mol. The molecule has 0 heterocycles. The van der Waals surface area contributed by atoms with E-state index in [4.69, 9.17) is 4.74 Å². The number of hydrogen-bond acceptors (Lipinski definition) is 4. The fourth-order valence-corrected chi connectivity index (χ4v) is 5.45. The van der Waals surface area contributed by atoms with Crippen LogP contribution in [-0.4, -0.2) is 47.9 Å². The van der Waals surface area contributed by atoms with E-state index in [-0.39, 0.29) is 31.8 Å². The van der Waals surface area contributed by atoms with E-state index in [1.807, 2.05) is 0 Å². The Morgan fingerprint density at radius 3 is 1.20 bits per heavy atom. The van der Waals surface area contributed by atoms with Crippen LogP contribution in [0.25, 0.3) is 0 Å². The van der Waals surface area contributed by atoms with Crippen LogP contribution >= 0.6 is 0 Å². The summed E-state index contributed by atoms with van der Waals surface area (Å²) in [5.74, 6) is 0.687. The zero-order valence-corrected chi connectivity index (χ0v) is 24.2. The van der Waals surface area contributed by atoms with E-state index in [1.165, 1.54) is 103 Å². The molecule has 0 aromatic rings. The quantitative estimate of drug-likeness (QED) is 0.0997. The van der Waals surface area contributed by atoms with Gasteiger partial charge in [-0.1, -0.05) is 137 Å². The number of hydrogen-bond donors (Lipinski definition) is 3. The van der Waals surface area contributed by atoms with Crippen molar-refractivity contribution in [1.29, 1.82) is 0 Å². The topological polar surface area (TPSA) is 69.9 Å². The molecule has 0 rings (SSSR count). The van der Waals surface area contributed by atoms with Crippen molar-refractivity contribution in [3.8, 4) is 0 Å². The van der Waals surface area contributed by atoms with Gasteiger partial charge in [0, 0.05) is 6.61 Å². The first-order chi connectivity index (χ1) is 17.0. The molecule has 2 unspecified atom stereocenters. The molecule has 2 atom stereocenters. The van der Waals surface area contributed by atoms with Crippen molar-refractivity contribution in [3.05, 3.63) is 0 Å². The van der Waals surface area contributed by atoms with Gasteiger partial charge >= 0.3 is 0 Å². The van der Waals surface area contributed by atoms with Crippen molar-refractivity contribution in [2.45, 2.75) is 156 Å². The van der Waals surface area contributed by atoms with Crippen molar-refractivity contribution < 1.29 is 20.1 Å². The maximum atomic E-state index is 9.89. The van der Waals surface area contributed by atoms with Crippen molar-refractivity contribution in [2.75, 3.05) is 26.4 Å². The lowest BCUT2D eigenvalue weighted by molar-refractivity contribution is -0.136. The van der Waals surface area contributed by atoms with Gasteiger partial charge in [-0.15, -0.1) is 0 Å². The second-order valence-corrected chi connectivity index (χ2v) is 11.7. The second-order valence-electron chi connectivity index (χ2n) is 11.7. The highest BCUT2D eigenvalue weighted by Crippen LogP contribution is 2.32. The molecule has 0 aliphatic rings. The zero-order chi connectivity index (χ0) is 26.2. The molecule has 0 bridgehead atoms. The van der Waals surface area contributed by atoms with Gasteiger partial charge in [-0.25, -0.2) is 0 Å². The standard InChI is InChI=1S/C31H64O4/c1-5-6-7-8-9-10-11-12-13-14-15-16-17-18-19-20-21-22-23-35-30(29(4)24-28(2)3)31(25-32,26-33)27-34/h28-30,32-34H,5-27H2,1-4H3. The SMILES string of the molecule is CCCCCCCCCCCCCCCCCCCCOC(C(C)CC(C)C)C(CO)(CO)CO. The minimum Gasteiger partial charge on any atom is -0.396 e. The first-order valence-corrected chi connectivity index (χ1v) is 15.4. The summed E-state index contributed by atoms with van der Waals surface area (Å²) in [6.45, 7) is 8.59. The van der Waals surface area contributed by atoms with Gasteiger partial charge in [0.15, 0.2) is 0 Å². The van der Waals surface area contributed by atoms with Gasteiger partial charge in [0.25, 0.3) is 0 Å². The molecule has 0 saturated carbocycles. The summed E-state index contributed by atoms with van der Waals surface area (Å²) in [6.07, 6.45) is 25.1. The van der Waals surface area contributed by atoms with E-state index < -0.39 is 5.41 Å². The van der Waals surface area contributed by atoms with Crippen LogP contribution in [0.2, 0.25) is 0 Å². The number of ether oxygens (including phenoxy) is 1. The monoisotopic (exact) mass is 500 g/mol. The van der Waals surface area contributed by atoms with Crippen LogP contribution in [-0.2, 0) is 4.74 Å². The van der Waals surface area contributed by atoms with Crippen molar-refractivity contribution in [1.82, 2.24) is 0 Å². The Hall–Kier alpha value is -0.160. The lowest BCUT2D eigenvalue weighted by atomic mass is 9.76. The summed E-state index contributed by atoms with van der Waals surface area (Å²) < 4.78 is 6.19. The van der Waals surface area contributed by atoms with Crippen LogP contribution in [0.5, 0.6) is 0 Å². The first-order valence-electron chi connectivity index (χ1n) is 15.4. The largest absolute Gasteiger partial charge is 0.396 e. The number of aliphatic hydroxyl groups is 3. The Morgan fingerprint density at radius 1 is 0.543 bits per heavy atom. The molecule has 3 N–H and O–H groups in total. The lowest BCUT2D eigenvalue weighted by Gasteiger charge is -2.40. The van der Waals surface area contributed by atoms with Gasteiger partial charge in [0.1, 0.15) is 0 Å². The van der Waals surface area contributed by atoms with E-state index in [2.05, 4.69) is 27.7 Å². The zero-order valence-electron chi connectivity index (χ0n) is 24.2. The molecular formula is C31H64O4. The van der Waals surface area contributed by atoms with Gasteiger partial charge in [0.2, 0.25) is 0 Å². The molecule has 0 amide bonds. The molecule has 0 radical (unpaired) electrons. The third-order valence-corrected chi connectivity index (χ3v) is 7.70. The lowest BCUT2D eigenvalue weighted by Crippen LogP contribution is -2.50. The van der Waals surface area contributed by atoms with Crippen LogP contribution in [0, 0.1) is 17.3 Å². The minimum atomic E-state index is -0.970. The Bertz CT molecular complexity index is 414. The van der Waals surface area contributed by atoms with Crippen molar-refractivity contribution in [3.63, 3.8) is 0 Å². The Kier molecular flexibility index (Phi) is 24.1. The predicted molar refractivity (Wildman–Crippen MR) is 151 cm³/mol. The Labute approximate surface area is 219 Å². The Morgan fingerprint density at radius 2 is 0.886 bits per heavy atom. The summed E-state index contributed by atoms with van der Waals surface area (Å²) in [5.41, 5.74) is -0.970. The highest BCUT2D eigenvalue weighted by molar-refractivity contribution is 4.89. The molecule has 0 aromatic carbocycles. The minimum absolute atomic E-state index is 0.178. The molecule has 0 saturated heterocycles. The van der Waals surface area contributed by atoms with Crippen LogP contribution in [0.15, 0.2) is 0 Å². The summed E-state index contributed by atoms with van der Waals surface area (Å²) in [6, 6.07) is 0. The smallest absolute Gasteiger partial charge is 0.0723 e. The summed E-state index contributed by atoms with van der Waals surface area (Å²) >= 11 is 0. The third-order valence-electron chi connectivity index (χ3n) is 7.70. The summed E-state index contributed by atoms with van der Waals surface area (Å²) in [4.78, 5) is 0. The van der Waals surface area contributed by atoms with Crippen molar-refractivity contribution in [2.24, 2.45) is 17.3 Å². The maximum absolute atomic E-state index is 9.89. The molecule has 0 aromatic heterocycles. The maximum Gasteiger partial charge on any atom is 0.0723 e.